The minimum atomic E-state index is -5.00. The monoisotopic (exact) mass is 547 g/mol. The summed E-state index contributed by atoms with van der Waals surface area (Å²) in [5.41, 5.74) is 3.33. The number of nitrogens with two attached hydrogens (primary N) is 1. The first-order chi connectivity index (χ1) is 17.6. The Kier molecular flexibility index (Phi) is 8.75. The van der Waals surface area contributed by atoms with Crippen LogP contribution >= 0.6 is 0 Å². The molecule has 3 rings (SSSR count). The van der Waals surface area contributed by atoms with Crippen LogP contribution in [-0.4, -0.2) is 48.3 Å². The number of amides is 2. The SMILES string of the molecule is Cc1cc(F)ccc1C1CN(CCC(N)=O)CCC1C(=O)N(C)Cc1cc(C(F)(F)F)cc(C(F)(F)F)c1. The number of carbonyl (C=O) groups is 2. The lowest BCUT2D eigenvalue weighted by molar-refractivity contribution is -0.143. The topological polar surface area (TPSA) is 66.6 Å². The molecule has 12 heteroatoms. The number of hydrogen-bond acceptors (Lipinski definition) is 3. The first-order valence-corrected chi connectivity index (χ1v) is 11.9. The highest BCUT2D eigenvalue weighted by molar-refractivity contribution is 5.80. The average molecular weight is 548 g/mol. The number of rotatable bonds is 7. The maximum atomic E-state index is 13.8. The molecular weight excluding hydrogens is 519 g/mol. The highest BCUT2D eigenvalue weighted by Gasteiger charge is 2.39. The van der Waals surface area contributed by atoms with E-state index in [1.54, 1.807) is 13.0 Å². The molecule has 1 aliphatic rings. The molecule has 2 atom stereocenters. The quantitative estimate of drug-likeness (QED) is 0.490. The molecule has 38 heavy (non-hydrogen) atoms. The number of likely N-dealkylation sites (tertiary alicyclic amines) is 1. The summed E-state index contributed by atoms with van der Waals surface area (Å²) in [4.78, 5) is 27.8. The maximum Gasteiger partial charge on any atom is 0.416 e. The average Bonchev–Trinajstić information content (AvgIpc) is 2.81. The van der Waals surface area contributed by atoms with E-state index in [9.17, 15) is 40.3 Å². The van der Waals surface area contributed by atoms with E-state index in [1.165, 1.54) is 19.2 Å². The van der Waals surface area contributed by atoms with Crippen molar-refractivity contribution in [2.24, 2.45) is 11.7 Å². The number of benzene rings is 2. The van der Waals surface area contributed by atoms with Crippen LogP contribution in [0.3, 0.4) is 0 Å². The fraction of sp³-hybridized carbons (Fsp3) is 0.462. The van der Waals surface area contributed by atoms with Crippen molar-refractivity contribution in [3.8, 4) is 0 Å². The lowest BCUT2D eigenvalue weighted by Crippen LogP contribution is -2.46. The van der Waals surface area contributed by atoms with Gasteiger partial charge in [0, 0.05) is 44.9 Å². The van der Waals surface area contributed by atoms with Crippen molar-refractivity contribution >= 4 is 11.8 Å². The van der Waals surface area contributed by atoms with Crippen LogP contribution < -0.4 is 5.73 Å². The van der Waals surface area contributed by atoms with Gasteiger partial charge >= 0.3 is 12.4 Å². The first-order valence-electron chi connectivity index (χ1n) is 11.9. The van der Waals surface area contributed by atoms with Gasteiger partial charge in [-0.1, -0.05) is 6.07 Å². The number of primary amides is 1. The van der Waals surface area contributed by atoms with Crippen molar-refractivity contribution < 1.29 is 40.3 Å². The van der Waals surface area contributed by atoms with E-state index in [0.29, 0.717) is 49.3 Å². The molecule has 0 aliphatic carbocycles. The van der Waals surface area contributed by atoms with Gasteiger partial charge in [0.1, 0.15) is 5.82 Å². The van der Waals surface area contributed by atoms with Gasteiger partial charge in [-0.25, -0.2) is 4.39 Å². The zero-order chi connectivity index (χ0) is 28.4. The molecule has 0 aromatic heterocycles. The van der Waals surface area contributed by atoms with Gasteiger partial charge in [-0.05, 0) is 66.9 Å². The normalized spacial score (nSPS) is 18.9. The molecule has 1 fully saturated rings. The molecule has 2 aromatic rings. The van der Waals surface area contributed by atoms with Crippen LogP contribution in [0.1, 0.15) is 46.6 Å². The molecule has 208 valence electrons. The molecular formula is C26H28F7N3O2. The Hall–Kier alpha value is -3.15. The summed E-state index contributed by atoms with van der Waals surface area (Å²) in [6.07, 6.45) is -9.58. The Labute approximate surface area is 215 Å². The van der Waals surface area contributed by atoms with E-state index in [2.05, 4.69) is 0 Å². The van der Waals surface area contributed by atoms with Crippen LogP contribution in [0.15, 0.2) is 36.4 Å². The Balaban J connectivity index is 1.89. The van der Waals surface area contributed by atoms with Crippen LogP contribution in [0.25, 0.3) is 0 Å². The number of nitrogens with zero attached hydrogens (tertiary/aromatic N) is 2. The molecule has 0 bridgehead atoms. The van der Waals surface area contributed by atoms with Crippen molar-refractivity contribution in [1.82, 2.24) is 9.80 Å². The van der Waals surface area contributed by atoms with Gasteiger partial charge in [-0.2, -0.15) is 26.3 Å². The molecule has 1 aliphatic heterocycles. The third-order valence-electron chi connectivity index (χ3n) is 6.76. The van der Waals surface area contributed by atoms with E-state index in [4.69, 9.17) is 5.73 Å². The Morgan fingerprint density at radius 1 is 1.03 bits per heavy atom. The van der Waals surface area contributed by atoms with Gasteiger partial charge in [-0.3, -0.25) is 9.59 Å². The van der Waals surface area contributed by atoms with Crippen molar-refractivity contribution in [3.05, 3.63) is 70.0 Å². The zero-order valence-electron chi connectivity index (χ0n) is 20.8. The highest BCUT2D eigenvalue weighted by atomic mass is 19.4. The molecule has 0 radical (unpaired) electrons. The summed E-state index contributed by atoms with van der Waals surface area (Å²) in [6, 6.07) is 5.40. The van der Waals surface area contributed by atoms with E-state index >= 15 is 0 Å². The third kappa shape index (κ3) is 7.24. The Bertz CT molecular complexity index is 1150. The van der Waals surface area contributed by atoms with Crippen molar-refractivity contribution in [2.75, 3.05) is 26.7 Å². The summed E-state index contributed by atoms with van der Waals surface area (Å²) in [6.45, 7) is 2.34. The molecule has 2 aromatic carbocycles. The number of aryl methyl sites for hydroxylation is 1. The van der Waals surface area contributed by atoms with Gasteiger partial charge in [-0.15, -0.1) is 0 Å². The van der Waals surface area contributed by atoms with Gasteiger partial charge < -0.3 is 15.5 Å². The smallest absolute Gasteiger partial charge is 0.370 e. The van der Waals surface area contributed by atoms with Gasteiger partial charge in [0.05, 0.1) is 11.1 Å². The number of carbonyl (C=O) groups excluding carboxylic acids is 2. The van der Waals surface area contributed by atoms with E-state index in [0.717, 1.165) is 4.90 Å². The molecule has 2 unspecified atom stereocenters. The van der Waals surface area contributed by atoms with Crippen LogP contribution in [0.5, 0.6) is 0 Å². The Morgan fingerprint density at radius 2 is 1.63 bits per heavy atom. The van der Waals surface area contributed by atoms with Crippen molar-refractivity contribution in [3.63, 3.8) is 0 Å². The van der Waals surface area contributed by atoms with Crippen molar-refractivity contribution in [2.45, 2.75) is 44.6 Å². The molecule has 1 saturated heterocycles. The Morgan fingerprint density at radius 3 is 2.16 bits per heavy atom. The van der Waals surface area contributed by atoms with E-state index in [-0.39, 0.29) is 18.1 Å². The van der Waals surface area contributed by atoms with Gasteiger partial charge in [0.2, 0.25) is 11.8 Å². The van der Waals surface area contributed by atoms with Gasteiger partial charge in [0.25, 0.3) is 0 Å². The molecule has 5 nitrogen and oxygen atoms in total. The zero-order valence-corrected chi connectivity index (χ0v) is 20.8. The fourth-order valence-electron chi connectivity index (χ4n) is 4.90. The standard InChI is InChI=1S/C26H28F7N3O2/c1-15-9-19(27)3-4-20(15)22-14-36(8-6-23(34)37)7-5-21(22)24(38)35(2)13-16-10-17(25(28,29)30)12-18(11-16)26(31,32)33/h3-4,9-12,21-22H,5-8,13-14H2,1-2H3,(H2,34,37). The second-order valence-electron chi connectivity index (χ2n) is 9.63. The summed E-state index contributed by atoms with van der Waals surface area (Å²) in [5, 5.41) is 0. The molecule has 2 N–H and O–H groups in total. The lowest BCUT2D eigenvalue weighted by atomic mass is 9.78. The summed E-state index contributed by atoms with van der Waals surface area (Å²) >= 11 is 0. The second-order valence-corrected chi connectivity index (χ2v) is 9.63. The van der Waals surface area contributed by atoms with Crippen LogP contribution in [0.2, 0.25) is 0 Å². The largest absolute Gasteiger partial charge is 0.416 e. The molecule has 2 amide bonds. The maximum absolute atomic E-state index is 13.8. The predicted molar refractivity (Wildman–Crippen MR) is 125 cm³/mol. The molecule has 0 saturated carbocycles. The van der Waals surface area contributed by atoms with Crippen molar-refractivity contribution in [1.29, 1.82) is 0 Å². The number of halogens is 7. The number of alkyl halides is 6. The predicted octanol–water partition coefficient (Wildman–Crippen LogP) is 5.11. The fourth-order valence-corrected chi connectivity index (χ4v) is 4.90. The van der Waals surface area contributed by atoms with E-state index < -0.39 is 59.5 Å². The molecule has 1 heterocycles. The minimum Gasteiger partial charge on any atom is -0.370 e. The third-order valence-corrected chi connectivity index (χ3v) is 6.76. The van der Waals surface area contributed by atoms with Crippen LogP contribution in [0, 0.1) is 18.7 Å². The van der Waals surface area contributed by atoms with Crippen LogP contribution in [0.4, 0.5) is 30.7 Å². The summed E-state index contributed by atoms with van der Waals surface area (Å²) in [7, 11) is 1.32. The second kappa shape index (κ2) is 11.3. The summed E-state index contributed by atoms with van der Waals surface area (Å²) in [5.74, 6) is -2.52. The highest BCUT2D eigenvalue weighted by Crippen LogP contribution is 2.38. The van der Waals surface area contributed by atoms with Gasteiger partial charge in [0.15, 0.2) is 0 Å². The lowest BCUT2D eigenvalue weighted by Gasteiger charge is -2.40. The van der Waals surface area contributed by atoms with E-state index in [1.807, 2.05) is 4.90 Å². The number of piperidine rings is 1. The minimum absolute atomic E-state index is 0.0421. The summed E-state index contributed by atoms with van der Waals surface area (Å²) < 4.78 is 93.4. The van der Waals surface area contributed by atoms with Crippen LogP contribution in [-0.2, 0) is 28.5 Å². The number of hydrogen-bond donors (Lipinski definition) is 1. The first kappa shape index (κ1) is 29.4. The molecule has 0 spiro atoms.